The molecule has 0 aliphatic rings. The number of carboxylic acid groups (broad SMARTS) is 2. The van der Waals surface area contributed by atoms with Crippen LogP contribution in [0.3, 0.4) is 0 Å². The van der Waals surface area contributed by atoms with Crippen LogP contribution in [0.1, 0.15) is 23.4 Å². The molecular formula is C21H20N6O5S. The number of rotatable bonds is 7. The third kappa shape index (κ3) is 6.16. The van der Waals surface area contributed by atoms with Gasteiger partial charge in [0.25, 0.3) is 0 Å². The number of para-hydroxylation sites is 1. The molecule has 0 saturated carbocycles. The normalized spacial score (nSPS) is 10.4. The minimum atomic E-state index is -1.82. The monoisotopic (exact) mass is 468 g/mol. The minimum absolute atomic E-state index is 0.262. The summed E-state index contributed by atoms with van der Waals surface area (Å²) < 4.78 is 7.07. The largest absolute Gasteiger partial charge is 0.473 e. The van der Waals surface area contributed by atoms with E-state index in [1.54, 1.807) is 11.3 Å². The lowest BCUT2D eigenvalue weighted by atomic mass is 10.1. The molecule has 1 aromatic carbocycles. The first-order valence-corrected chi connectivity index (χ1v) is 10.5. The number of thiazole rings is 1. The zero-order chi connectivity index (χ0) is 23.8. The highest BCUT2D eigenvalue weighted by molar-refractivity contribution is 7.21. The molecular weight excluding hydrogens is 448 g/mol. The van der Waals surface area contributed by atoms with Crippen LogP contribution in [-0.2, 0) is 22.6 Å². The van der Waals surface area contributed by atoms with Crippen molar-refractivity contribution in [2.75, 3.05) is 12.3 Å². The van der Waals surface area contributed by atoms with E-state index in [4.69, 9.17) is 35.2 Å². The quantitative estimate of drug-likeness (QED) is 0.199. The summed E-state index contributed by atoms with van der Waals surface area (Å²) in [6.07, 6.45) is 1.58. The van der Waals surface area contributed by atoms with E-state index in [1.165, 1.54) is 0 Å². The highest BCUT2D eigenvalue weighted by Crippen LogP contribution is 2.31. The lowest BCUT2D eigenvalue weighted by Crippen LogP contribution is -2.15. The number of nitrogen functional groups attached to an aromatic ring is 1. The molecule has 3 heterocycles. The van der Waals surface area contributed by atoms with Crippen LogP contribution in [0.25, 0.3) is 21.0 Å². The van der Waals surface area contributed by atoms with Crippen molar-refractivity contribution in [1.29, 1.82) is 5.26 Å². The summed E-state index contributed by atoms with van der Waals surface area (Å²) in [5.41, 5.74) is 7.86. The van der Waals surface area contributed by atoms with Crippen LogP contribution in [-0.4, -0.2) is 43.9 Å². The summed E-state index contributed by atoms with van der Waals surface area (Å²) >= 11 is 1.63. The number of H-pyrrole nitrogens is 1. The van der Waals surface area contributed by atoms with Crippen LogP contribution >= 0.6 is 11.3 Å². The molecule has 0 aliphatic heterocycles. The third-order valence-electron chi connectivity index (χ3n) is 4.41. The Morgan fingerprint density at radius 3 is 2.67 bits per heavy atom. The molecule has 0 atom stereocenters. The molecule has 4 rings (SSSR count). The zero-order valence-electron chi connectivity index (χ0n) is 17.2. The van der Waals surface area contributed by atoms with Gasteiger partial charge in [0.05, 0.1) is 22.5 Å². The second-order valence-electron chi connectivity index (χ2n) is 6.72. The summed E-state index contributed by atoms with van der Waals surface area (Å²) in [7, 11) is 0. The maximum atomic E-state index is 9.10. The van der Waals surface area contributed by atoms with Gasteiger partial charge < -0.3 is 25.7 Å². The van der Waals surface area contributed by atoms with E-state index < -0.39 is 11.9 Å². The first-order valence-electron chi connectivity index (χ1n) is 9.73. The molecule has 12 heteroatoms. The van der Waals surface area contributed by atoms with E-state index in [0.717, 1.165) is 51.8 Å². The number of benzene rings is 1. The Morgan fingerprint density at radius 1 is 1.21 bits per heavy atom. The number of nitriles is 1. The van der Waals surface area contributed by atoms with Gasteiger partial charge in [-0.1, -0.05) is 12.1 Å². The first-order chi connectivity index (χ1) is 15.9. The van der Waals surface area contributed by atoms with Crippen molar-refractivity contribution in [2.45, 2.75) is 19.4 Å². The van der Waals surface area contributed by atoms with E-state index in [0.29, 0.717) is 12.1 Å². The van der Waals surface area contributed by atoms with Gasteiger partial charge in [0.2, 0.25) is 0 Å². The van der Waals surface area contributed by atoms with Crippen molar-refractivity contribution in [3.05, 3.63) is 53.4 Å². The number of aromatic nitrogens is 3. The van der Waals surface area contributed by atoms with Crippen molar-refractivity contribution in [3.8, 4) is 16.8 Å². The number of anilines is 1. The molecule has 0 spiro atoms. The van der Waals surface area contributed by atoms with Crippen LogP contribution in [0.2, 0.25) is 0 Å². The molecule has 0 radical (unpaired) electrons. The number of aliphatic carboxylic acids is 2. The van der Waals surface area contributed by atoms with Crippen molar-refractivity contribution in [2.24, 2.45) is 0 Å². The lowest BCUT2D eigenvalue weighted by molar-refractivity contribution is -0.159. The van der Waals surface area contributed by atoms with Crippen LogP contribution in [0, 0.1) is 11.3 Å². The molecule has 0 unspecified atom stereocenters. The fraction of sp³-hybridized carbons (Fsp3) is 0.190. The lowest BCUT2D eigenvalue weighted by Gasteiger charge is -2.02. The van der Waals surface area contributed by atoms with Crippen LogP contribution in [0.5, 0.6) is 0 Å². The predicted octanol–water partition coefficient (Wildman–Crippen LogP) is 2.61. The van der Waals surface area contributed by atoms with Gasteiger partial charge in [-0.05, 0) is 43.7 Å². The van der Waals surface area contributed by atoms with Crippen molar-refractivity contribution in [3.63, 3.8) is 0 Å². The number of carbonyl (C=O) groups is 2. The SMILES string of the molecule is N#Cc1c(N)n[nH]c1CCCNCc1ccc(-c2nc3ccccc3s2)o1.O=C(O)C(=O)O. The van der Waals surface area contributed by atoms with Gasteiger partial charge in [-0.15, -0.1) is 11.3 Å². The molecule has 0 saturated heterocycles. The van der Waals surface area contributed by atoms with E-state index >= 15 is 0 Å². The molecule has 33 heavy (non-hydrogen) atoms. The number of aryl methyl sites for hydroxylation is 1. The molecule has 11 nitrogen and oxygen atoms in total. The molecule has 0 aliphatic carbocycles. The Balaban J connectivity index is 0.000000454. The Bertz CT molecular complexity index is 1260. The summed E-state index contributed by atoms with van der Waals surface area (Å²) in [5.74, 6) is -1.73. The van der Waals surface area contributed by atoms with E-state index in [9.17, 15) is 0 Å². The number of aromatic amines is 1. The fourth-order valence-corrected chi connectivity index (χ4v) is 3.79. The average Bonchev–Trinajstić information content (AvgIpc) is 3.51. The average molecular weight is 468 g/mol. The Labute approximate surface area is 191 Å². The van der Waals surface area contributed by atoms with Gasteiger partial charge in [-0.25, -0.2) is 14.6 Å². The Kier molecular flexibility index (Phi) is 7.74. The van der Waals surface area contributed by atoms with Gasteiger partial charge >= 0.3 is 11.9 Å². The van der Waals surface area contributed by atoms with Crippen molar-refractivity contribution < 1.29 is 24.2 Å². The van der Waals surface area contributed by atoms with Gasteiger partial charge in [-0.2, -0.15) is 10.4 Å². The number of fused-ring (bicyclic) bond motifs is 1. The fourth-order valence-electron chi connectivity index (χ4n) is 2.87. The molecule has 6 N–H and O–H groups in total. The molecule has 4 aromatic rings. The third-order valence-corrected chi connectivity index (χ3v) is 5.46. The summed E-state index contributed by atoms with van der Waals surface area (Å²) in [4.78, 5) is 22.8. The molecule has 0 fully saturated rings. The molecule has 170 valence electrons. The van der Waals surface area contributed by atoms with E-state index in [1.807, 2.05) is 30.3 Å². The van der Waals surface area contributed by atoms with E-state index in [-0.39, 0.29) is 5.82 Å². The number of hydrogen-bond acceptors (Lipinski definition) is 9. The number of nitrogens with two attached hydrogens (primary N) is 1. The standard InChI is InChI=1S/C19H18N6OS.C2H2O4/c20-10-13-14(24-25-18(13)21)5-3-9-22-11-12-7-8-16(26-12)19-23-15-4-1-2-6-17(15)27-19;3-1(4)2(5)6/h1-2,4,6-8,22H,3,5,9,11H2,(H3,21,24,25);(H,3,4)(H,5,6). The Morgan fingerprint density at radius 2 is 1.97 bits per heavy atom. The summed E-state index contributed by atoms with van der Waals surface area (Å²) in [6, 6.07) is 14.1. The second kappa shape index (κ2) is 10.9. The summed E-state index contributed by atoms with van der Waals surface area (Å²) in [5, 5.41) is 34.8. The zero-order valence-corrected chi connectivity index (χ0v) is 18.1. The smallest absolute Gasteiger partial charge is 0.414 e. The number of furan rings is 1. The van der Waals surface area contributed by atoms with Gasteiger partial charge in [0.15, 0.2) is 16.6 Å². The van der Waals surface area contributed by atoms with Crippen LogP contribution in [0.4, 0.5) is 5.82 Å². The maximum Gasteiger partial charge on any atom is 0.414 e. The molecule has 0 amide bonds. The second-order valence-corrected chi connectivity index (χ2v) is 7.75. The van der Waals surface area contributed by atoms with Crippen LogP contribution < -0.4 is 11.1 Å². The van der Waals surface area contributed by atoms with Crippen LogP contribution in [0.15, 0.2) is 40.8 Å². The maximum absolute atomic E-state index is 9.10. The number of carboxylic acids is 2. The molecule has 3 aromatic heterocycles. The Hall–Kier alpha value is -4.21. The number of nitrogens with zero attached hydrogens (tertiary/aromatic N) is 3. The first kappa shape index (κ1) is 23.5. The minimum Gasteiger partial charge on any atom is -0.473 e. The van der Waals surface area contributed by atoms with E-state index in [2.05, 4.69) is 32.6 Å². The highest BCUT2D eigenvalue weighted by Gasteiger charge is 2.11. The highest BCUT2D eigenvalue weighted by atomic mass is 32.1. The van der Waals surface area contributed by atoms with Gasteiger partial charge in [0.1, 0.15) is 17.4 Å². The van der Waals surface area contributed by atoms with Gasteiger partial charge in [-0.3, -0.25) is 5.10 Å². The van der Waals surface area contributed by atoms with Gasteiger partial charge in [0, 0.05) is 0 Å². The predicted molar refractivity (Wildman–Crippen MR) is 120 cm³/mol. The van der Waals surface area contributed by atoms with Crippen molar-refractivity contribution in [1.82, 2.24) is 20.5 Å². The summed E-state index contributed by atoms with van der Waals surface area (Å²) in [6.45, 7) is 1.43. The number of hydrogen-bond donors (Lipinski definition) is 5. The topological polar surface area (TPSA) is 191 Å². The molecule has 0 bridgehead atoms. The number of nitrogens with one attached hydrogen (secondary N) is 2. The van der Waals surface area contributed by atoms with Crippen molar-refractivity contribution >= 4 is 39.3 Å².